The van der Waals surface area contributed by atoms with Gasteiger partial charge in [-0.3, -0.25) is 20.0 Å². The molecule has 0 unspecified atom stereocenters. The van der Waals surface area contributed by atoms with Gasteiger partial charge in [0.05, 0.1) is 27.4 Å². The van der Waals surface area contributed by atoms with E-state index in [1.807, 2.05) is 56.1 Å². The van der Waals surface area contributed by atoms with Crippen LogP contribution in [0.1, 0.15) is 41.2 Å². The van der Waals surface area contributed by atoms with Crippen molar-refractivity contribution in [1.82, 2.24) is 9.88 Å². The third-order valence-corrected chi connectivity index (χ3v) is 8.63. The average molecular weight is 609 g/mol. The molecule has 1 heterocycles. The summed E-state index contributed by atoms with van der Waals surface area (Å²) in [5.74, 6) is -0.672. The molecule has 0 bridgehead atoms. The van der Waals surface area contributed by atoms with Crippen LogP contribution in [0.15, 0.2) is 78.9 Å². The van der Waals surface area contributed by atoms with Crippen LogP contribution in [0.5, 0.6) is 0 Å². The van der Waals surface area contributed by atoms with Gasteiger partial charge < -0.3 is 4.74 Å². The summed E-state index contributed by atoms with van der Waals surface area (Å²) >= 11 is 0. The Balaban J connectivity index is 2.09. The van der Waals surface area contributed by atoms with Crippen LogP contribution in [-0.2, 0) is 20.3 Å². The number of carbonyl (C=O) groups excluding carboxylic acids is 1. The van der Waals surface area contributed by atoms with E-state index in [1.54, 1.807) is 44.2 Å². The van der Waals surface area contributed by atoms with Crippen molar-refractivity contribution < 1.29 is 28.4 Å². The monoisotopic (exact) mass is 608 g/mol. The molecule has 3 rings (SSSR count). The molecular weight excluding hydrogens is 569 g/mol. The summed E-state index contributed by atoms with van der Waals surface area (Å²) in [5, 5.41) is 11.9. The van der Waals surface area contributed by atoms with Crippen LogP contribution >= 0.6 is 7.94 Å². The highest BCUT2D eigenvalue weighted by atomic mass is 31.2. The molecule has 11 heteroatoms. The number of non-ortho nitro benzene ring substituents is 1. The Kier molecular flexibility index (Phi) is 12.7. The maximum Gasteiger partial charge on any atom is 0.449 e. The lowest BCUT2D eigenvalue weighted by atomic mass is 9.97. The number of hydrogen-bond acceptors (Lipinski definition) is 9. The fourth-order valence-corrected chi connectivity index (χ4v) is 6.37. The predicted octanol–water partition coefficient (Wildman–Crippen LogP) is 6.13. The molecule has 2 aromatic carbocycles. The summed E-state index contributed by atoms with van der Waals surface area (Å²) in [7, 11) is -1.95. The van der Waals surface area contributed by atoms with E-state index in [2.05, 4.69) is 4.98 Å². The first kappa shape index (κ1) is 33.7. The molecule has 0 spiro atoms. The van der Waals surface area contributed by atoms with E-state index in [-0.39, 0.29) is 41.9 Å². The van der Waals surface area contributed by atoms with Crippen molar-refractivity contribution in [2.45, 2.75) is 34.2 Å². The van der Waals surface area contributed by atoms with Gasteiger partial charge in [0.2, 0.25) is 5.30 Å². The molecule has 0 aliphatic heterocycles. The second-order valence-corrected chi connectivity index (χ2v) is 11.8. The van der Waals surface area contributed by atoms with Crippen LogP contribution in [0.4, 0.5) is 5.69 Å². The first-order valence-electron chi connectivity index (χ1n) is 13.9. The summed E-state index contributed by atoms with van der Waals surface area (Å²) in [4.78, 5) is 43.5. The van der Waals surface area contributed by atoms with Gasteiger partial charge in [0.25, 0.3) is 5.69 Å². The molecule has 43 heavy (non-hydrogen) atoms. The number of hydrogen-bond donors (Lipinski definition) is 1. The van der Waals surface area contributed by atoms with E-state index in [0.29, 0.717) is 30.0 Å². The quantitative estimate of drug-likeness (QED) is 0.0713. The van der Waals surface area contributed by atoms with Gasteiger partial charge in [-0.05, 0) is 45.9 Å². The molecule has 0 radical (unpaired) electrons. The molecule has 0 saturated carbocycles. The summed E-state index contributed by atoms with van der Waals surface area (Å²) in [6.07, 6.45) is 6.98. The smallest absolute Gasteiger partial charge is 0.449 e. The van der Waals surface area contributed by atoms with Crippen molar-refractivity contribution in [1.29, 1.82) is 0 Å². The maximum absolute atomic E-state index is 13.7. The number of esters is 1. The highest BCUT2D eigenvalue weighted by molar-refractivity contribution is 7.69. The zero-order valence-electron chi connectivity index (χ0n) is 25.2. The number of pyridine rings is 1. The van der Waals surface area contributed by atoms with Crippen molar-refractivity contribution in [2.75, 3.05) is 33.4 Å². The fraction of sp³-hybridized carbons (Fsp3) is 0.312. The molecule has 0 saturated heterocycles. The number of likely N-dealkylation sites (N-methyl/N-ethyl adjacent to an activating group) is 1. The highest BCUT2D eigenvalue weighted by Gasteiger charge is 2.50. The van der Waals surface area contributed by atoms with Crippen LogP contribution in [-0.4, -0.2) is 59.1 Å². The van der Waals surface area contributed by atoms with Gasteiger partial charge >= 0.3 is 13.9 Å². The Morgan fingerprint density at radius 1 is 1.02 bits per heavy atom. The number of ether oxygens (including phenoxy) is 1. The van der Waals surface area contributed by atoms with Crippen LogP contribution in [0.25, 0.3) is 11.1 Å². The molecule has 10 nitrogen and oxygen atoms in total. The molecule has 228 valence electrons. The standard InChI is InChI=1S/C32H39N3O7P/c1-6-8-19-41-43(39,42-20-9-7-2)31-25(4)33-24(3)29(30(31)27-16-13-17-28(22-27)35(37)38)32(36)40-21-18-34(5)23-26-14-11-10-12-15-26/h6-17,22,39H,18-21,23H2,1-5H3/q+1. The van der Waals surface area contributed by atoms with E-state index in [1.165, 1.54) is 18.2 Å². The maximum atomic E-state index is 13.7. The van der Waals surface area contributed by atoms with Crippen molar-refractivity contribution in [3.05, 3.63) is 112 Å². The Bertz CT molecular complexity index is 1440. The number of nitro groups is 1. The molecule has 0 amide bonds. The predicted molar refractivity (Wildman–Crippen MR) is 169 cm³/mol. The topological polar surface area (TPSA) is 124 Å². The number of benzene rings is 2. The number of nitro benzene ring substituents is 1. The van der Waals surface area contributed by atoms with E-state index >= 15 is 0 Å². The average Bonchev–Trinajstić information content (AvgIpc) is 2.97. The second-order valence-electron chi connectivity index (χ2n) is 9.80. The summed E-state index contributed by atoms with van der Waals surface area (Å²) in [6.45, 7) is 8.28. The van der Waals surface area contributed by atoms with E-state index in [4.69, 9.17) is 13.8 Å². The van der Waals surface area contributed by atoms with Gasteiger partial charge in [-0.2, -0.15) is 13.9 Å². The number of aryl methyl sites for hydroxylation is 2. The number of carbonyl (C=O) groups is 1. The molecular formula is C32H39N3O7P+. The van der Waals surface area contributed by atoms with E-state index in [9.17, 15) is 19.8 Å². The van der Waals surface area contributed by atoms with Crippen molar-refractivity contribution in [3.63, 3.8) is 0 Å². The fourth-order valence-electron chi connectivity index (χ4n) is 4.48. The molecule has 0 aliphatic carbocycles. The number of allylic oxidation sites excluding steroid dienone is 2. The van der Waals surface area contributed by atoms with Crippen molar-refractivity contribution >= 4 is 24.9 Å². The minimum absolute atomic E-state index is 0.0336. The second kappa shape index (κ2) is 16.2. The molecule has 0 atom stereocenters. The van der Waals surface area contributed by atoms with Gasteiger partial charge in [-0.15, -0.1) is 0 Å². The van der Waals surface area contributed by atoms with Crippen LogP contribution in [0, 0.1) is 24.0 Å². The number of aromatic nitrogens is 1. The van der Waals surface area contributed by atoms with Crippen LogP contribution in [0.3, 0.4) is 0 Å². The molecule has 1 aromatic heterocycles. The lowest BCUT2D eigenvalue weighted by Gasteiger charge is -2.23. The number of rotatable bonds is 15. The Hall–Kier alpha value is -3.79. The van der Waals surface area contributed by atoms with Gasteiger partial charge in [0.1, 0.15) is 19.8 Å². The molecule has 0 fully saturated rings. The minimum atomic E-state index is -3.88. The Morgan fingerprint density at radius 2 is 1.67 bits per heavy atom. The van der Waals surface area contributed by atoms with Crippen LogP contribution in [0.2, 0.25) is 0 Å². The zero-order chi connectivity index (χ0) is 31.4. The zero-order valence-corrected chi connectivity index (χ0v) is 26.1. The molecule has 1 N–H and O–H groups in total. The summed E-state index contributed by atoms with van der Waals surface area (Å²) < 4.78 is 17.7. The normalized spacial score (nSPS) is 13.1. The molecule has 3 aromatic rings. The first-order chi connectivity index (χ1) is 20.6. The third kappa shape index (κ3) is 9.10. The largest absolute Gasteiger partial charge is 0.461 e. The lowest BCUT2D eigenvalue weighted by molar-refractivity contribution is -0.384. The van der Waals surface area contributed by atoms with E-state index in [0.717, 1.165) is 5.56 Å². The van der Waals surface area contributed by atoms with Crippen molar-refractivity contribution in [2.24, 2.45) is 0 Å². The summed E-state index contributed by atoms with van der Waals surface area (Å²) in [5.41, 5.74) is 2.31. The van der Waals surface area contributed by atoms with Gasteiger partial charge in [0.15, 0.2) is 0 Å². The Morgan fingerprint density at radius 3 is 2.28 bits per heavy atom. The SMILES string of the molecule is CC=CCO[P+](O)(OCC=CC)c1c(C)nc(C)c(C(=O)OCCN(C)Cc2ccccc2)c1-c1cccc([N+](=O)[O-])c1. The lowest BCUT2D eigenvalue weighted by Crippen LogP contribution is -2.28. The third-order valence-electron chi connectivity index (χ3n) is 6.52. The number of nitrogens with zero attached hydrogens (tertiary/aromatic N) is 3. The highest BCUT2D eigenvalue weighted by Crippen LogP contribution is 2.58. The van der Waals surface area contributed by atoms with E-state index < -0.39 is 18.8 Å². The van der Waals surface area contributed by atoms with Crippen molar-refractivity contribution in [3.8, 4) is 11.1 Å². The van der Waals surface area contributed by atoms with Gasteiger partial charge in [-0.1, -0.05) is 66.8 Å². The molecule has 0 aliphatic rings. The van der Waals surface area contributed by atoms with Gasteiger partial charge in [-0.25, -0.2) is 4.79 Å². The first-order valence-corrected chi connectivity index (χ1v) is 15.5. The minimum Gasteiger partial charge on any atom is -0.461 e. The van der Waals surface area contributed by atoms with Crippen LogP contribution < -0.4 is 5.30 Å². The van der Waals surface area contributed by atoms with Gasteiger partial charge in [0, 0.05) is 25.2 Å². The summed E-state index contributed by atoms with van der Waals surface area (Å²) in [6, 6.07) is 15.8. The Labute approximate surface area is 253 Å².